The number of thiophene rings is 1. The van der Waals surface area contributed by atoms with E-state index in [1.165, 1.54) is 11.3 Å². The summed E-state index contributed by atoms with van der Waals surface area (Å²) in [6.07, 6.45) is 0. The van der Waals surface area contributed by atoms with E-state index in [-0.39, 0.29) is 0 Å². The van der Waals surface area contributed by atoms with E-state index in [0.29, 0.717) is 0 Å². The lowest BCUT2D eigenvalue weighted by molar-refractivity contribution is 1.24. The SMILES string of the molecule is C/C(=N/N)c1ccc(Cl)s1. The second-order valence-corrected chi connectivity index (χ2v) is 3.53. The van der Waals surface area contributed by atoms with Crippen molar-refractivity contribution < 1.29 is 0 Å². The maximum Gasteiger partial charge on any atom is 0.0935 e. The second-order valence-electron chi connectivity index (χ2n) is 1.82. The normalized spacial score (nSPS) is 12.0. The van der Waals surface area contributed by atoms with Gasteiger partial charge in [0.25, 0.3) is 0 Å². The summed E-state index contributed by atoms with van der Waals surface area (Å²) in [5.41, 5.74) is 0.817. The monoisotopic (exact) mass is 174 g/mol. The van der Waals surface area contributed by atoms with Crippen LogP contribution in [0.2, 0.25) is 4.34 Å². The maximum atomic E-state index is 5.68. The van der Waals surface area contributed by atoms with Crippen molar-refractivity contribution in [1.82, 2.24) is 0 Å². The van der Waals surface area contributed by atoms with Crippen LogP contribution >= 0.6 is 22.9 Å². The zero-order chi connectivity index (χ0) is 7.56. The summed E-state index contributed by atoms with van der Waals surface area (Å²) in [7, 11) is 0. The zero-order valence-corrected chi connectivity index (χ0v) is 7.04. The molecule has 1 heterocycles. The summed E-state index contributed by atoms with van der Waals surface area (Å²) in [5.74, 6) is 5.06. The fourth-order valence-electron chi connectivity index (χ4n) is 0.572. The van der Waals surface area contributed by atoms with Crippen molar-refractivity contribution in [3.8, 4) is 0 Å². The third-order valence-corrected chi connectivity index (χ3v) is 2.46. The van der Waals surface area contributed by atoms with E-state index >= 15 is 0 Å². The molecule has 0 atom stereocenters. The van der Waals surface area contributed by atoms with Crippen LogP contribution in [0.25, 0.3) is 0 Å². The minimum absolute atomic E-state index is 0.762. The Labute approximate surface area is 68.3 Å². The van der Waals surface area contributed by atoms with Gasteiger partial charge in [-0.1, -0.05) is 11.6 Å². The number of hydrogen-bond donors (Lipinski definition) is 1. The fraction of sp³-hybridized carbons (Fsp3) is 0.167. The van der Waals surface area contributed by atoms with Gasteiger partial charge in [0.15, 0.2) is 0 Å². The van der Waals surface area contributed by atoms with Gasteiger partial charge < -0.3 is 5.84 Å². The Morgan fingerprint density at radius 3 is 2.80 bits per heavy atom. The minimum Gasteiger partial charge on any atom is -0.323 e. The van der Waals surface area contributed by atoms with Gasteiger partial charge in [0.05, 0.1) is 14.9 Å². The molecule has 1 aromatic heterocycles. The Morgan fingerprint density at radius 1 is 1.70 bits per heavy atom. The van der Waals surface area contributed by atoms with Crippen molar-refractivity contribution in [2.24, 2.45) is 10.9 Å². The number of hydrazone groups is 1. The molecule has 0 unspecified atom stereocenters. The van der Waals surface area contributed by atoms with Crippen molar-refractivity contribution >= 4 is 28.6 Å². The average Bonchev–Trinajstić information content (AvgIpc) is 2.34. The predicted octanol–water partition coefficient (Wildman–Crippen LogP) is 2.08. The zero-order valence-electron chi connectivity index (χ0n) is 5.47. The standard InChI is InChI=1S/C6H7ClN2S/c1-4(9-8)5-2-3-6(7)10-5/h2-3H,8H2,1H3/b9-4-. The van der Waals surface area contributed by atoms with Crippen LogP contribution < -0.4 is 5.84 Å². The molecule has 0 spiro atoms. The van der Waals surface area contributed by atoms with Gasteiger partial charge in [0.2, 0.25) is 0 Å². The Bertz CT molecular complexity index is 254. The highest BCUT2D eigenvalue weighted by Gasteiger charge is 1.99. The van der Waals surface area contributed by atoms with Gasteiger partial charge in [-0.2, -0.15) is 5.10 Å². The van der Waals surface area contributed by atoms with Gasteiger partial charge in [-0.15, -0.1) is 11.3 Å². The third kappa shape index (κ3) is 1.49. The molecule has 0 fully saturated rings. The lowest BCUT2D eigenvalue weighted by Gasteiger charge is -1.88. The Hall–Kier alpha value is -0.540. The molecule has 0 aliphatic heterocycles. The fourth-order valence-corrected chi connectivity index (χ4v) is 1.57. The highest BCUT2D eigenvalue weighted by Crippen LogP contribution is 2.21. The lowest BCUT2D eigenvalue weighted by atomic mass is 10.3. The molecule has 0 aromatic carbocycles. The van der Waals surface area contributed by atoms with Crippen LogP contribution in [0.3, 0.4) is 0 Å². The molecule has 0 aliphatic carbocycles. The summed E-state index contributed by atoms with van der Waals surface area (Å²) in [6.45, 7) is 1.85. The number of hydrogen-bond acceptors (Lipinski definition) is 3. The number of halogens is 1. The van der Waals surface area contributed by atoms with Gasteiger partial charge in [-0.25, -0.2) is 0 Å². The van der Waals surface area contributed by atoms with E-state index in [1.54, 1.807) is 0 Å². The molecule has 0 bridgehead atoms. The van der Waals surface area contributed by atoms with Crippen molar-refractivity contribution in [2.75, 3.05) is 0 Å². The number of nitrogens with two attached hydrogens (primary N) is 1. The first-order valence-corrected chi connectivity index (χ1v) is 3.93. The summed E-state index contributed by atoms with van der Waals surface area (Å²) in [5, 5.41) is 3.54. The van der Waals surface area contributed by atoms with Crippen LogP contribution in [-0.4, -0.2) is 5.71 Å². The largest absolute Gasteiger partial charge is 0.323 e. The highest BCUT2D eigenvalue weighted by atomic mass is 35.5. The van der Waals surface area contributed by atoms with Crippen LogP contribution in [0.4, 0.5) is 0 Å². The predicted molar refractivity (Wildman–Crippen MR) is 45.7 cm³/mol. The van der Waals surface area contributed by atoms with E-state index in [4.69, 9.17) is 17.4 Å². The van der Waals surface area contributed by atoms with Gasteiger partial charge in [-0.05, 0) is 19.1 Å². The first kappa shape index (κ1) is 7.57. The topological polar surface area (TPSA) is 38.4 Å². The summed E-state index contributed by atoms with van der Waals surface area (Å²) in [6, 6.07) is 3.73. The lowest BCUT2D eigenvalue weighted by Crippen LogP contribution is -1.94. The summed E-state index contributed by atoms with van der Waals surface area (Å²) < 4.78 is 0.762. The first-order valence-electron chi connectivity index (χ1n) is 2.74. The van der Waals surface area contributed by atoms with Gasteiger partial charge in [-0.3, -0.25) is 0 Å². The van der Waals surface area contributed by atoms with E-state index < -0.39 is 0 Å². The van der Waals surface area contributed by atoms with E-state index in [0.717, 1.165) is 14.9 Å². The molecule has 2 N–H and O–H groups in total. The molecule has 0 amide bonds. The van der Waals surface area contributed by atoms with Gasteiger partial charge >= 0.3 is 0 Å². The maximum absolute atomic E-state index is 5.68. The molecule has 54 valence electrons. The minimum atomic E-state index is 0.762. The number of nitrogens with zero attached hydrogens (tertiary/aromatic N) is 1. The Balaban J connectivity index is 2.95. The Kier molecular flexibility index (Phi) is 2.29. The first-order chi connectivity index (χ1) is 4.74. The second kappa shape index (κ2) is 3.03. The van der Waals surface area contributed by atoms with Crippen LogP contribution in [-0.2, 0) is 0 Å². The Morgan fingerprint density at radius 2 is 2.40 bits per heavy atom. The molecule has 1 rings (SSSR count). The molecule has 4 heteroatoms. The van der Waals surface area contributed by atoms with Crippen molar-refractivity contribution in [3.05, 3.63) is 21.3 Å². The summed E-state index contributed by atoms with van der Waals surface area (Å²) in [4.78, 5) is 1.02. The third-order valence-electron chi connectivity index (χ3n) is 1.12. The van der Waals surface area contributed by atoms with Crippen LogP contribution in [0.15, 0.2) is 17.2 Å². The van der Waals surface area contributed by atoms with Crippen molar-refractivity contribution in [1.29, 1.82) is 0 Å². The average molecular weight is 175 g/mol. The van der Waals surface area contributed by atoms with Crippen LogP contribution in [0.5, 0.6) is 0 Å². The molecule has 2 nitrogen and oxygen atoms in total. The molecular weight excluding hydrogens is 168 g/mol. The van der Waals surface area contributed by atoms with Gasteiger partial charge in [0.1, 0.15) is 0 Å². The van der Waals surface area contributed by atoms with E-state index in [1.807, 2.05) is 19.1 Å². The molecular formula is C6H7ClN2S. The molecule has 0 aliphatic rings. The van der Waals surface area contributed by atoms with Crippen molar-refractivity contribution in [2.45, 2.75) is 6.92 Å². The van der Waals surface area contributed by atoms with E-state index in [9.17, 15) is 0 Å². The van der Waals surface area contributed by atoms with E-state index in [2.05, 4.69) is 5.10 Å². The molecule has 1 aromatic rings. The molecule has 10 heavy (non-hydrogen) atoms. The summed E-state index contributed by atoms with van der Waals surface area (Å²) >= 11 is 7.16. The van der Waals surface area contributed by atoms with Crippen LogP contribution in [0.1, 0.15) is 11.8 Å². The molecule has 0 radical (unpaired) electrons. The van der Waals surface area contributed by atoms with Crippen LogP contribution in [0, 0.1) is 0 Å². The molecule has 0 saturated carbocycles. The quantitative estimate of drug-likeness (QED) is 0.395. The van der Waals surface area contributed by atoms with Crippen molar-refractivity contribution in [3.63, 3.8) is 0 Å². The van der Waals surface area contributed by atoms with Gasteiger partial charge in [0, 0.05) is 0 Å². The number of rotatable bonds is 1. The molecule has 0 saturated heterocycles. The highest BCUT2D eigenvalue weighted by molar-refractivity contribution is 7.18. The smallest absolute Gasteiger partial charge is 0.0935 e.